The van der Waals surface area contributed by atoms with E-state index in [2.05, 4.69) is 5.32 Å². The third-order valence-corrected chi connectivity index (χ3v) is 10.2. The highest BCUT2D eigenvalue weighted by Gasteiger charge is 2.33. The van der Waals surface area contributed by atoms with E-state index in [1.54, 1.807) is 49.4 Å². The third kappa shape index (κ3) is 7.97. The molecule has 0 aromatic heterocycles. The standard InChI is InChI=1S/C32H37Cl2N3O6S/c1-22(32(39)35-24-10-6-4-7-11-24)36(20-23-14-16-27(33)28(34)18-23)31(38)21-37(44(40,41)26-12-8-5-9-13-26)25-15-17-29(42-2)30(19-25)43-3/h5,8-9,12-19,22,24H,4,6-7,10-11,20-21H2,1-3H3,(H,35,39)/t22-/m1/s1. The molecule has 0 spiro atoms. The number of carbonyl (C=O) groups excluding carboxylic acids is 2. The van der Waals surface area contributed by atoms with Crippen LogP contribution in [0, 0.1) is 0 Å². The topological polar surface area (TPSA) is 105 Å². The van der Waals surface area contributed by atoms with Crippen molar-refractivity contribution in [2.75, 3.05) is 25.1 Å². The fraction of sp³-hybridized carbons (Fsp3) is 0.375. The summed E-state index contributed by atoms with van der Waals surface area (Å²) in [6.45, 7) is 1.05. The molecule has 1 saturated carbocycles. The van der Waals surface area contributed by atoms with Crippen molar-refractivity contribution < 1.29 is 27.5 Å². The number of benzene rings is 3. The van der Waals surface area contributed by atoms with Gasteiger partial charge in [0.25, 0.3) is 10.0 Å². The summed E-state index contributed by atoms with van der Waals surface area (Å²) in [7, 11) is -1.32. The number of hydrogen-bond acceptors (Lipinski definition) is 6. The number of ether oxygens (including phenoxy) is 2. The molecule has 0 heterocycles. The fourth-order valence-electron chi connectivity index (χ4n) is 5.21. The first-order chi connectivity index (χ1) is 21.0. The van der Waals surface area contributed by atoms with Crippen molar-refractivity contribution >= 4 is 50.7 Å². The molecule has 3 aromatic carbocycles. The third-order valence-electron chi connectivity index (χ3n) is 7.72. The lowest BCUT2D eigenvalue weighted by atomic mass is 9.95. The van der Waals surface area contributed by atoms with Crippen LogP contribution in [0.1, 0.15) is 44.6 Å². The summed E-state index contributed by atoms with van der Waals surface area (Å²) in [5, 5.41) is 3.74. The summed E-state index contributed by atoms with van der Waals surface area (Å²) in [6.07, 6.45) is 4.95. The zero-order chi connectivity index (χ0) is 31.9. The number of carbonyl (C=O) groups is 2. The Morgan fingerprint density at radius 2 is 1.59 bits per heavy atom. The van der Waals surface area contributed by atoms with Gasteiger partial charge in [-0.1, -0.05) is 66.7 Å². The lowest BCUT2D eigenvalue weighted by Crippen LogP contribution is -2.53. The van der Waals surface area contributed by atoms with Gasteiger partial charge in [-0.3, -0.25) is 13.9 Å². The number of hydrogen-bond donors (Lipinski definition) is 1. The van der Waals surface area contributed by atoms with Crippen LogP contribution in [0.5, 0.6) is 11.5 Å². The van der Waals surface area contributed by atoms with Crippen LogP contribution in [0.2, 0.25) is 10.0 Å². The Kier molecular flexibility index (Phi) is 11.4. The van der Waals surface area contributed by atoms with Crippen LogP contribution in [0.15, 0.2) is 71.6 Å². The number of amides is 2. The number of anilines is 1. The largest absolute Gasteiger partial charge is 0.493 e. The zero-order valence-electron chi connectivity index (χ0n) is 25.0. The van der Waals surface area contributed by atoms with Gasteiger partial charge in [-0.25, -0.2) is 8.42 Å². The Labute approximate surface area is 269 Å². The molecule has 1 aliphatic rings. The van der Waals surface area contributed by atoms with E-state index in [-0.39, 0.29) is 29.1 Å². The van der Waals surface area contributed by atoms with Crippen LogP contribution >= 0.6 is 23.2 Å². The summed E-state index contributed by atoms with van der Waals surface area (Å²) < 4.78 is 39.8. The van der Waals surface area contributed by atoms with Gasteiger partial charge < -0.3 is 19.7 Å². The Bertz CT molecular complexity index is 1570. The van der Waals surface area contributed by atoms with E-state index in [0.717, 1.165) is 36.4 Å². The number of halogens is 2. The number of rotatable bonds is 12. The van der Waals surface area contributed by atoms with Crippen molar-refractivity contribution in [1.29, 1.82) is 0 Å². The first-order valence-corrected chi connectivity index (χ1v) is 16.6. The molecule has 1 N–H and O–H groups in total. The minimum Gasteiger partial charge on any atom is -0.493 e. The van der Waals surface area contributed by atoms with Crippen LogP contribution in [0.4, 0.5) is 5.69 Å². The van der Waals surface area contributed by atoms with Gasteiger partial charge in [0.05, 0.1) is 34.8 Å². The van der Waals surface area contributed by atoms with E-state index in [9.17, 15) is 18.0 Å². The number of nitrogens with zero attached hydrogens (tertiary/aromatic N) is 2. The zero-order valence-corrected chi connectivity index (χ0v) is 27.3. The summed E-state index contributed by atoms with van der Waals surface area (Å²) in [5.74, 6) is -0.210. The van der Waals surface area contributed by atoms with Gasteiger partial charge in [-0.2, -0.15) is 0 Å². The van der Waals surface area contributed by atoms with Gasteiger partial charge in [0, 0.05) is 18.7 Å². The molecule has 0 unspecified atom stereocenters. The van der Waals surface area contributed by atoms with Gasteiger partial charge in [0.15, 0.2) is 11.5 Å². The highest BCUT2D eigenvalue weighted by atomic mass is 35.5. The predicted octanol–water partition coefficient (Wildman–Crippen LogP) is 6.07. The number of sulfonamides is 1. The Morgan fingerprint density at radius 3 is 2.23 bits per heavy atom. The second kappa shape index (κ2) is 15.0. The molecule has 0 saturated heterocycles. The van der Waals surface area contributed by atoms with Gasteiger partial charge in [-0.05, 0) is 61.7 Å². The SMILES string of the molecule is COc1ccc(N(CC(=O)N(Cc2ccc(Cl)c(Cl)c2)[C@H](C)C(=O)NC2CCCCC2)S(=O)(=O)c2ccccc2)cc1OC. The van der Waals surface area contributed by atoms with Crippen molar-refractivity contribution in [3.63, 3.8) is 0 Å². The van der Waals surface area contributed by atoms with Crippen LogP contribution in [0.25, 0.3) is 0 Å². The van der Waals surface area contributed by atoms with E-state index in [4.69, 9.17) is 32.7 Å². The fourth-order valence-corrected chi connectivity index (χ4v) is 6.96. The van der Waals surface area contributed by atoms with Crippen molar-refractivity contribution in [1.82, 2.24) is 10.2 Å². The maximum Gasteiger partial charge on any atom is 0.264 e. The first kappa shape index (κ1) is 33.4. The van der Waals surface area contributed by atoms with Crippen molar-refractivity contribution in [2.24, 2.45) is 0 Å². The van der Waals surface area contributed by atoms with Crippen molar-refractivity contribution in [2.45, 2.75) is 62.6 Å². The van der Waals surface area contributed by atoms with E-state index in [1.807, 2.05) is 0 Å². The molecular weight excluding hydrogens is 625 g/mol. The van der Waals surface area contributed by atoms with Gasteiger partial charge in [0.1, 0.15) is 12.6 Å². The smallest absolute Gasteiger partial charge is 0.264 e. The lowest BCUT2D eigenvalue weighted by Gasteiger charge is -2.33. The van der Waals surface area contributed by atoms with E-state index in [1.165, 1.54) is 43.4 Å². The maximum atomic E-state index is 14.2. The van der Waals surface area contributed by atoms with Crippen molar-refractivity contribution in [3.05, 3.63) is 82.3 Å². The molecular formula is C32H37Cl2N3O6S. The Hall–Kier alpha value is -3.47. The average molecular weight is 663 g/mol. The Morgan fingerprint density at radius 1 is 0.909 bits per heavy atom. The molecule has 4 rings (SSSR count). The minimum atomic E-state index is -4.23. The molecule has 3 aromatic rings. The number of methoxy groups -OCH3 is 2. The van der Waals surface area contributed by atoms with Crippen LogP contribution in [0.3, 0.4) is 0 Å². The molecule has 12 heteroatoms. The van der Waals surface area contributed by atoms with E-state index < -0.39 is 28.5 Å². The molecule has 1 atom stereocenters. The molecule has 0 radical (unpaired) electrons. The second-order valence-electron chi connectivity index (χ2n) is 10.7. The normalized spacial score (nSPS) is 14.4. The summed E-state index contributed by atoms with van der Waals surface area (Å²) in [6, 6.07) is 16.5. The lowest BCUT2D eigenvalue weighted by molar-refractivity contribution is -0.139. The van der Waals surface area contributed by atoms with E-state index >= 15 is 0 Å². The predicted molar refractivity (Wildman–Crippen MR) is 172 cm³/mol. The van der Waals surface area contributed by atoms with Crippen LogP contribution in [-0.2, 0) is 26.2 Å². The minimum absolute atomic E-state index is 0.000133. The van der Waals surface area contributed by atoms with Gasteiger partial charge in [0.2, 0.25) is 11.8 Å². The summed E-state index contributed by atoms with van der Waals surface area (Å²) in [4.78, 5) is 29.1. The molecule has 0 bridgehead atoms. The van der Waals surface area contributed by atoms with Crippen LogP contribution in [-0.4, -0.2) is 58.0 Å². The van der Waals surface area contributed by atoms with Crippen molar-refractivity contribution in [3.8, 4) is 11.5 Å². The number of nitrogens with one attached hydrogen (secondary N) is 1. The average Bonchev–Trinajstić information content (AvgIpc) is 3.04. The quantitative estimate of drug-likeness (QED) is 0.253. The maximum absolute atomic E-state index is 14.2. The highest BCUT2D eigenvalue weighted by Crippen LogP contribution is 2.34. The van der Waals surface area contributed by atoms with E-state index in [0.29, 0.717) is 27.1 Å². The molecule has 1 aliphatic carbocycles. The Balaban J connectivity index is 1.72. The summed E-state index contributed by atoms with van der Waals surface area (Å²) in [5.41, 5.74) is 0.822. The summed E-state index contributed by atoms with van der Waals surface area (Å²) >= 11 is 12.4. The molecule has 236 valence electrons. The van der Waals surface area contributed by atoms with Gasteiger partial charge >= 0.3 is 0 Å². The van der Waals surface area contributed by atoms with Crippen LogP contribution < -0.4 is 19.1 Å². The molecule has 9 nitrogen and oxygen atoms in total. The highest BCUT2D eigenvalue weighted by molar-refractivity contribution is 7.92. The molecule has 1 fully saturated rings. The molecule has 2 amide bonds. The first-order valence-electron chi connectivity index (χ1n) is 14.4. The van der Waals surface area contributed by atoms with Gasteiger partial charge in [-0.15, -0.1) is 0 Å². The second-order valence-corrected chi connectivity index (χ2v) is 13.3. The molecule has 44 heavy (non-hydrogen) atoms. The molecule has 0 aliphatic heterocycles. The monoisotopic (exact) mass is 661 g/mol.